The van der Waals surface area contributed by atoms with Crippen LogP contribution in [0.3, 0.4) is 0 Å². The first kappa shape index (κ1) is 28.9. The predicted octanol–water partition coefficient (Wildman–Crippen LogP) is 7.92. The van der Waals surface area contributed by atoms with Crippen LogP contribution in [0.15, 0.2) is 50.6 Å². The van der Waals surface area contributed by atoms with Crippen LogP contribution in [0, 0.1) is 0 Å². The van der Waals surface area contributed by atoms with Crippen LogP contribution in [-0.4, -0.2) is 9.13 Å². The number of hydrogen-bond acceptors (Lipinski definition) is 0. The summed E-state index contributed by atoms with van der Waals surface area (Å²) in [4.78, 5) is 0. The van der Waals surface area contributed by atoms with Crippen LogP contribution in [0.4, 0.5) is 50.4 Å². The Hall–Kier alpha value is -2.08. The number of rotatable bonds is 6. The Morgan fingerprint density at radius 3 is 1.06 bits per heavy atom. The van der Waals surface area contributed by atoms with Crippen LogP contribution in [0.2, 0.25) is 0 Å². The topological polar surface area (TPSA) is 17.6 Å². The molecule has 2 heterocycles. The molecule has 31 heavy (non-hydrogen) atoms. The molecule has 0 spiro atoms. The molecule has 0 radical (unpaired) electrons. The molecule has 184 valence electrons. The minimum absolute atomic E-state index is 1.01. The monoisotopic (exact) mass is 520 g/mol. The first-order chi connectivity index (χ1) is 13.2. The van der Waals surface area contributed by atoms with Crippen LogP contribution in [-0.2, 0) is 13.1 Å². The van der Waals surface area contributed by atoms with E-state index in [1.807, 2.05) is 34.2 Å². The molecule has 0 N–H and O–H groups in total. The maximum absolute atomic E-state index is 10.7. The molecular formula is C13H18F12N4P2. The second kappa shape index (κ2) is 7.80. The number of hydrogen-bond donors (Lipinski definition) is 0. The van der Waals surface area contributed by atoms with Gasteiger partial charge in [0, 0.05) is 6.42 Å². The van der Waals surface area contributed by atoms with E-state index in [2.05, 4.69) is 34.7 Å². The Bertz CT molecular complexity index is 796. The second-order valence-electron chi connectivity index (χ2n) is 5.83. The van der Waals surface area contributed by atoms with Gasteiger partial charge in [0.05, 0.1) is 25.5 Å². The molecule has 0 fully saturated rings. The first-order valence-corrected chi connectivity index (χ1v) is 11.8. The Balaban J connectivity index is 0.000000536. The summed E-state index contributed by atoms with van der Waals surface area (Å²) in [5.74, 6) is 0. The van der Waals surface area contributed by atoms with Crippen molar-refractivity contribution in [1.29, 1.82) is 0 Å². The Kier molecular flexibility index (Phi) is 7.28. The van der Waals surface area contributed by atoms with Crippen molar-refractivity contribution in [2.45, 2.75) is 19.5 Å². The maximum atomic E-state index is 9.87. The van der Waals surface area contributed by atoms with Crippen molar-refractivity contribution in [3.05, 3.63) is 50.6 Å². The van der Waals surface area contributed by atoms with E-state index in [4.69, 9.17) is 0 Å². The van der Waals surface area contributed by atoms with E-state index in [1.54, 1.807) is 12.4 Å². The summed E-state index contributed by atoms with van der Waals surface area (Å²) >= 11 is 0. The van der Waals surface area contributed by atoms with Crippen molar-refractivity contribution in [3.8, 4) is 0 Å². The Morgan fingerprint density at radius 2 is 0.871 bits per heavy atom. The van der Waals surface area contributed by atoms with Crippen LogP contribution < -0.4 is 9.13 Å². The molecular weight excluding hydrogens is 502 g/mol. The zero-order valence-corrected chi connectivity index (χ0v) is 17.2. The van der Waals surface area contributed by atoms with E-state index in [0.717, 1.165) is 19.5 Å². The molecule has 2 rings (SSSR count). The van der Waals surface area contributed by atoms with Crippen LogP contribution in [0.1, 0.15) is 6.42 Å². The summed E-state index contributed by atoms with van der Waals surface area (Å²) in [6, 6.07) is 0. The third-order valence-electron chi connectivity index (χ3n) is 2.68. The Morgan fingerprint density at radius 1 is 0.613 bits per heavy atom. The fourth-order valence-corrected chi connectivity index (χ4v) is 1.74. The first-order valence-electron chi connectivity index (χ1n) is 7.73. The molecule has 0 saturated carbocycles. The molecule has 0 saturated heterocycles. The predicted molar refractivity (Wildman–Crippen MR) is 93.8 cm³/mol. The Labute approximate surface area is 167 Å². The van der Waals surface area contributed by atoms with Gasteiger partial charge in [-0.15, -0.1) is 0 Å². The molecule has 0 aliphatic carbocycles. The summed E-state index contributed by atoms with van der Waals surface area (Å²) in [5.41, 5.74) is 0. The molecule has 0 aliphatic rings. The number of nitrogens with zero attached hydrogens (tertiary/aromatic N) is 4. The molecule has 0 amide bonds. The number of halogens is 12. The summed E-state index contributed by atoms with van der Waals surface area (Å²) in [5, 5.41) is 0. The van der Waals surface area contributed by atoms with Gasteiger partial charge >= 0.3 is 66.0 Å². The third-order valence-corrected chi connectivity index (χ3v) is 2.68. The number of aromatic nitrogens is 4. The molecule has 2 aromatic rings. The van der Waals surface area contributed by atoms with Gasteiger partial charge in [0.25, 0.3) is 0 Å². The van der Waals surface area contributed by atoms with Crippen molar-refractivity contribution in [2.75, 3.05) is 0 Å². The van der Waals surface area contributed by atoms with Gasteiger partial charge in [0.15, 0.2) is 0 Å². The molecule has 0 aliphatic heterocycles. The third kappa shape index (κ3) is 27.9. The SMILES string of the molecule is C=Cn1cc[n+](CCC[n+]2ccn(C=C)c2)c1.F[P-](F)(F)(F)(F)F.F[P-](F)(F)(F)(F)F. The van der Waals surface area contributed by atoms with Gasteiger partial charge in [0.2, 0.25) is 12.7 Å². The molecule has 18 heteroatoms. The number of imidazole rings is 2. The summed E-state index contributed by atoms with van der Waals surface area (Å²) < 4.78 is 127. The van der Waals surface area contributed by atoms with E-state index in [9.17, 15) is 50.4 Å². The van der Waals surface area contributed by atoms with Crippen molar-refractivity contribution >= 4 is 28.0 Å². The minimum atomic E-state index is -10.7. The van der Waals surface area contributed by atoms with Crippen molar-refractivity contribution in [1.82, 2.24) is 9.13 Å². The van der Waals surface area contributed by atoms with Gasteiger partial charge in [-0.1, -0.05) is 13.2 Å². The van der Waals surface area contributed by atoms with Crippen molar-refractivity contribution < 1.29 is 59.5 Å². The average Bonchev–Trinajstić information content (AvgIpc) is 3.09. The van der Waals surface area contributed by atoms with Crippen LogP contribution in [0.25, 0.3) is 12.4 Å². The molecule has 0 unspecified atom stereocenters. The van der Waals surface area contributed by atoms with Gasteiger partial charge in [-0.3, -0.25) is 0 Å². The quantitative estimate of drug-likeness (QED) is 0.209. The van der Waals surface area contributed by atoms with E-state index < -0.39 is 15.6 Å². The van der Waals surface area contributed by atoms with Gasteiger partial charge in [-0.25, -0.2) is 18.3 Å². The van der Waals surface area contributed by atoms with Gasteiger partial charge in [-0.05, 0) is 0 Å². The van der Waals surface area contributed by atoms with Gasteiger partial charge in [-0.2, -0.15) is 0 Å². The summed E-state index contributed by atoms with van der Waals surface area (Å²) in [6.07, 6.45) is 16.8. The zero-order valence-electron chi connectivity index (χ0n) is 15.4. The molecule has 0 aromatic carbocycles. The van der Waals surface area contributed by atoms with E-state index in [-0.39, 0.29) is 0 Å². The van der Waals surface area contributed by atoms with Gasteiger partial charge < -0.3 is 0 Å². The van der Waals surface area contributed by atoms with E-state index in [0.29, 0.717) is 0 Å². The van der Waals surface area contributed by atoms with Gasteiger partial charge in [0.1, 0.15) is 24.8 Å². The standard InChI is InChI=1S/C13H18N4.2F6P/c1-3-14-8-10-16(12-14)6-5-7-17-11-9-15(4-2)13-17;2*1-7(2,3,4,5)6/h3-4,8-13H,1-2,5-7H2;;/q+2;2*-1. The van der Waals surface area contributed by atoms with Crippen LogP contribution in [0.5, 0.6) is 0 Å². The normalized spacial score (nSPS) is 16.1. The molecule has 0 atom stereocenters. The summed E-state index contributed by atoms with van der Waals surface area (Å²) in [6.45, 7) is 9.45. The van der Waals surface area contributed by atoms with Crippen molar-refractivity contribution in [3.63, 3.8) is 0 Å². The number of aryl methyl sites for hydroxylation is 2. The second-order valence-corrected chi connectivity index (χ2v) is 9.67. The van der Waals surface area contributed by atoms with E-state index >= 15 is 0 Å². The fraction of sp³-hybridized carbons (Fsp3) is 0.231. The van der Waals surface area contributed by atoms with Crippen molar-refractivity contribution in [2.24, 2.45) is 0 Å². The molecule has 2 aromatic heterocycles. The summed E-state index contributed by atoms with van der Waals surface area (Å²) in [7, 11) is -21.3. The van der Waals surface area contributed by atoms with Crippen LogP contribution >= 0.6 is 15.6 Å². The molecule has 0 bridgehead atoms. The van der Waals surface area contributed by atoms with E-state index in [1.165, 1.54) is 0 Å². The fourth-order valence-electron chi connectivity index (χ4n) is 1.74. The average molecular weight is 520 g/mol. The zero-order chi connectivity index (χ0) is 24.9. The molecule has 4 nitrogen and oxygen atoms in total.